The van der Waals surface area contributed by atoms with Gasteiger partial charge in [0.2, 0.25) is 0 Å². The molecule has 1 heterocycles. The van der Waals surface area contributed by atoms with Gasteiger partial charge in [0.15, 0.2) is 12.4 Å². The molecule has 0 N–H and O–H groups in total. The molecular weight excluding hydrogens is 194 g/mol. The maximum atomic E-state index is 10.8. The number of rotatable bonds is 2. The molecule has 0 amide bonds. The summed E-state index contributed by atoms with van der Waals surface area (Å²) in [5, 5.41) is 10.8. The van der Waals surface area contributed by atoms with E-state index in [4.69, 9.17) is 0 Å². The van der Waals surface area contributed by atoms with Crippen LogP contribution in [0.3, 0.4) is 0 Å². The second kappa shape index (κ2) is 4.15. The van der Waals surface area contributed by atoms with E-state index < -0.39 is 0 Å². The molecule has 0 atom stereocenters. The monoisotopic (exact) mass is 203 g/mol. The Morgan fingerprint density at radius 1 is 0.857 bits per heavy atom. The van der Waals surface area contributed by atoms with Gasteiger partial charge in [0.1, 0.15) is 0 Å². The Hall–Kier alpha value is -1.48. The third-order valence-corrected chi connectivity index (χ3v) is 2.77. The molecular formula is C11H9NOS. The van der Waals surface area contributed by atoms with Crippen molar-refractivity contribution >= 4 is 11.8 Å². The molecule has 0 fully saturated rings. The van der Waals surface area contributed by atoms with Crippen LogP contribution < -0.4 is 4.73 Å². The number of benzene rings is 1. The second-order valence-corrected chi connectivity index (χ2v) is 3.96. The first-order chi connectivity index (χ1) is 6.84. The van der Waals surface area contributed by atoms with Gasteiger partial charge in [-0.25, -0.2) is 0 Å². The van der Waals surface area contributed by atoms with Gasteiger partial charge in [0, 0.05) is 21.9 Å². The van der Waals surface area contributed by atoms with Crippen LogP contribution in [0.15, 0.2) is 64.6 Å². The van der Waals surface area contributed by atoms with Crippen molar-refractivity contribution in [3.05, 3.63) is 60.1 Å². The molecule has 0 saturated carbocycles. The number of hydrogen-bond acceptors (Lipinski definition) is 2. The summed E-state index contributed by atoms with van der Waals surface area (Å²) in [6, 6.07) is 13.7. The topological polar surface area (TPSA) is 26.9 Å². The second-order valence-electron chi connectivity index (χ2n) is 2.81. The van der Waals surface area contributed by atoms with E-state index in [1.54, 1.807) is 11.8 Å². The van der Waals surface area contributed by atoms with Crippen LogP contribution in [0, 0.1) is 5.21 Å². The third-order valence-electron chi connectivity index (χ3n) is 1.75. The molecule has 0 aliphatic heterocycles. The summed E-state index contributed by atoms with van der Waals surface area (Å²) in [5.41, 5.74) is 0. The fraction of sp³-hybridized carbons (Fsp3) is 0. The van der Waals surface area contributed by atoms with Gasteiger partial charge in [-0.05, 0) is 12.1 Å². The summed E-state index contributed by atoms with van der Waals surface area (Å²) in [6.07, 6.45) is 3.01. The largest absolute Gasteiger partial charge is 0.619 e. The fourth-order valence-electron chi connectivity index (χ4n) is 1.09. The molecule has 14 heavy (non-hydrogen) atoms. The summed E-state index contributed by atoms with van der Waals surface area (Å²) in [5.74, 6) is 0. The van der Waals surface area contributed by atoms with Crippen molar-refractivity contribution < 1.29 is 4.73 Å². The van der Waals surface area contributed by atoms with E-state index in [9.17, 15) is 5.21 Å². The van der Waals surface area contributed by atoms with E-state index in [-0.39, 0.29) is 0 Å². The maximum absolute atomic E-state index is 10.8. The van der Waals surface area contributed by atoms with Gasteiger partial charge in [-0.1, -0.05) is 30.0 Å². The van der Waals surface area contributed by atoms with E-state index in [0.717, 1.165) is 9.63 Å². The smallest absolute Gasteiger partial charge is 0.181 e. The maximum Gasteiger partial charge on any atom is 0.181 e. The van der Waals surface area contributed by atoms with E-state index in [1.807, 2.05) is 42.5 Å². The van der Waals surface area contributed by atoms with Crippen molar-refractivity contribution in [1.82, 2.24) is 0 Å². The van der Waals surface area contributed by atoms with Crippen molar-refractivity contribution in [3.8, 4) is 0 Å². The predicted octanol–water partition coefficient (Wildman–Crippen LogP) is 2.47. The van der Waals surface area contributed by atoms with Crippen molar-refractivity contribution in [2.75, 3.05) is 0 Å². The molecule has 0 bridgehead atoms. The minimum atomic E-state index is 0.787. The Labute approximate surface area is 86.8 Å². The van der Waals surface area contributed by atoms with Gasteiger partial charge in [0.25, 0.3) is 0 Å². The van der Waals surface area contributed by atoms with Crippen LogP contribution in [0.1, 0.15) is 0 Å². The lowest BCUT2D eigenvalue weighted by Gasteiger charge is -2.00. The number of hydrogen-bond donors (Lipinski definition) is 0. The number of nitrogens with zero attached hydrogens (tertiary/aromatic N) is 1. The minimum Gasteiger partial charge on any atom is -0.619 e. The highest BCUT2D eigenvalue weighted by Crippen LogP contribution is 2.25. The molecule has 0 aliphatic carbocycles. The van der Waals surface area contributed by atoms with Crippen LogP contribution in [0.25, 0.3) is 0 Å². The predicted molar refractivity (Wildman–Crippen MR) is 56.0 cm³/mol. The lowest BCUT2D eigenvalue weighted by atomic mass is 10.4. The summed E-state index contributed by atoms with van der Waals surface area (Å²) >= 11 is 1.64. The number of pyridine rings is 1. The normalized spacial score (nSPS) is 10.0. The van der Waals surface area contributed by atoms with Gasteiger partial charge in [-0.3, -0.25) is 0 Å². The molecule has 0 aliphatic rings. The van der Waals surface area contributed by atoms with Gasteiger partial charge < -0.3 is 5.21 Å². The van der Waals surface area contributed by atoms with Gasteiger partial charge in [-0.2, -0.15) is 4.73 Å². The SMILES string of the molecule is [O-][n+]1ccc(Sc2ccccc2)cc1. The zero-order valence-electron chi connectivity index (χ0n) is 7.46. The zero-order chi connectivity index (χ0) is 9.80. The van der Waals surface area contributed by atoms with Gasteiger partial charge in [0.05, 0.1) is 0 Å². The lowest BCUT2D eigenvalue weighted by molar-refractivity contribution is -0.605. The molecule has 2 aromatic rings. The summed E-state index contributed by atoms with van der Waals surface area (Å²) in [7, 11) is 0. The molecule has 0 radical (unpaired) electrons. The summed E-state index contributed by atoms with van der Waals surface area (Å²) < 4.78 is 0.787. The highest BCUT2D eigenvalue weighted by atomic mass is 32.2. The van der Waals surface area contributed by atoms with Gasteiger partial charge in [-0.15, -0.1) is 0 Å². The number of aromatic nitrogens is 1. The molecule has 1 aromatic heterocycles. The van der Waals surface area contributed by atoms with Crippen LogP contribution in [-0.2, 0) is 0 Å². The summed E-state index contributed by atoms with van der Waals surface area (Å²) in [6.45, 7) is 0. The quantitative estimate of drug-likeness (QED) is 0.553. The van der Waals surface area contributed by atoms with Crippen LogP contribution in [-0.4, -0.2) is 0 Å². The molecule has 2 nitrogen and oxygen atoms in total. The molecule has 1 aromatic carbocycles. The van der Waals surface area contributed by atoms with E-state index in [0.29, 0.717) is 0 Å². The van der Waals surface area contributed by atoms with E-state index in [1.165, 1.54) is 17.3 Å². The average Bonchev–Trinajstić information content (AvgIpc) is 2.23. The van der Waals surface area contributed by atoms with Crippen molar-refractivity contribution in [3.63, 3.8) is 0 Å². The van der Waals surface area contributed by atoms with Crippen LogP contribution in [0.2, 0.25) is 0 Å². The Morgan fingerprint density at radius 2 is 1.43 bits per heavy atom. The summed E-state index contributed by atoms with van der Waals surface area (Å²) in [4.78, 5) is 2.25. The Balaban J connectivity index is 2.16. The molecule has 70 valence electrons. The molecule has 0 spiro atoms. The van der Waals surface area contributed by atoms with Crippen LogP contribution >= 0.6 is 11.8 Å². The first kappa shape index (κ1) is 9.09. The average molecular weight is 203 g/mol. The molecule has 0 saturated heterocycles. The Bertz CT molecular complexity index is 399. The molecule has 3 heteroatoms. The van der Waals surface area contributed by atoms with Crippen molar-refractivity contribution in [2.45, 2.75) is 9.79 Å². The first-order valence-electron chi connectivity index (χ1n) is 4.26. The first-order valence-corrected chi connectivity index (χ1v) is 5.08. The van der Waals surface area contributed by atoms with Crippen molar-refractivity contribution in [1.29, 1.82) is 0 Å². The highest BCUT2D eigenvalue weighted by molar-refractivity contribution is 7.99. The fourth-order valence-corrected chi connectivity index (χ4v) is 1.91. The standard InChI is InChI=1S/C11H9NOS/c13-12-8-6-11(7-9-12)14-10-4-2-1-3-5-10/h1-9H. The molecule has 0 unspecified atom stereocenters. The van der Waals surface area contributed by atoms with Crippen LogP contribution in [0.4, 0.5) is 0 Å². The Morgan fingerprint density at radius 3 is 2.07 bits per heavy atom. The van der Waals surface area contributed by atoms with E-state index >= 15 is 0 Å². The van der Waals surface area contributed by atoms with Gasteiger partial charge >= 0.3 is 0 Å². The lowest BCUT2D eigenvalue weighted by Crippen LogP contribution is -2.23. The zero-order valence-corrected chi connectivity index (χ0v) is 8.28. The van der Waals surface area contributed by atoms with Crippen LogP contribution in [0.5, 0.6) is 0 Å². The van der Waals surface area contributed by atoms with E-state index in [2.05, 4.69) is 0 Å². The molecule has 2 rings (SSSR count). The Kier molecular flexibility index (Phi) is 2.70. The minimum absolute atomic E-state index is 0.787. The van der Waals surface area contributed by atoms with Crippen molar-refractivity contribution in [2.24, 2.45) is 0 Å². The highest BCUT2D eigenvalue weighted by Gasteiger charge is 1.97. The third kappa shape index (κ3) is 2.26.